The van der Waals surface area contributed by atoms with E-state index in [-0.39, 0.29) is 22.9 Å². The third-order valence-electron chi connectivity index (χ3n) is 10.8. The summed E-state index contributed by atoms with van der Waals surface area (Å²) in [5.74, 6) is 7.31. The molecule has 0 aromatic carbocycles. The van der Waals surface area contributed by atoms with Gasteiger partial charge in [0.15, 0.2) is 0 Å². The fourth-order valence-electron chi connectivity index (χ4n) is 10.3. The van der Waals surface area contributed by atoms with E-state index >= 15 is 0 Å². The van der Waals surface area contributed by atoms with Crippen LogP contribution in [0.1, 0.15) is 77.0 Å². The van der Waals surface area contributed by atoms with Gasteiger partial charge in [0, 0.05) is 22.3 Å². The van der Waals surface area contributed by atoms with E-state index in [4.69, 9.17) is 0 Å². The van der Waals surface area contributed by atoms with Gasteiger partial charge in [0.2, 0.25) is 11.8 Å². The van der Waals surface area contributed by atoms with Crippen LogP contribution in [0, 0.1) is 46.3 Å². The smallest absolute Gasteiger partial charge is 0.226 e. The van der Waals surface area contributed by atoms with Gasteiger partial charge in [-0.05, 0) is 113 Å². The molecule has 9 fully saturated rings. The Balaban J connectivity index is 1.03. The number of rotatable bonds is 4. The highest BCUT2D eigenvalue weighted by molar-refractivity contribution is 7.99. The summed E-state index contributed by atoms with van der Waals surface area (Å²) in [5, 5.41) is 6.98. The molecule has 1 aliphatic heterocycles. The van der Waals surface area contributed by atoms with E-state index in [1.165, 1.54) is 38.5 Å². The van der Waals surface area contributed by atoms with Gasteiger partial charge in [-0.25, -0.2) is 0 Å². The van der Waals surface area contributed by atoms with Crippen LogP contribution in [0.25, 0.3) is 0 Å². The van der Waals surface area contributed by atoms with Crippen LogP contribution in [0.4, 0.5) is 0 Å². The summed E-state index contributed by atoms with van der Waals surface area (Å²) < 4.78 is 0. The minimum Gasteiger partial charge on any atom is -0.350 e. The quantitative estimate of drug-likeness (QED) is 0.688. The summed E-state index contributed by atoms with van der Waals surface area (Å²) in [6, 6.07) is 0.228. The van der Waals surface area contributed by atoms with Crippen molar-refractivity contribution >= 4 is 23.6 Å². The van der Waals surface area contributed by atoms with Gasteiger partial charge in [-0.1, -0.05) is 0 Å². The Labute approximate surface area is 190 Å². The van der Waals surface area contributed by atoms with E-state index in [1.807, 2.05) is 11.8 Å². The predicted octanol–water partition coefficient (Wildman–Crippen LogP) is 4.14. The van der Waals surface area contributed by atoms with Crippen LogP contribution in [0.5, 0.6) is 0 Å². The Bertz CT molecular complexity index is 660. The molecule has 0 aromatic rings. The second kappa shape index (κ2) is 6.90. The average Bonchev–Trinajstić information content (AvgIpc) is 3.12. The summed E-state index contributed by atoms with van der Waals surface area (Å²) in [5.41, 5.74) is -0.174. The summed E-state index contributed by atoms with van der Waals surface area (Å²) in [6.07, 6.45) is 14.9. The predicted molar refractivity (Wildman–Crippen MR) is 122 cm³/mol. The molecule has 31 heavy (non-hydrogen) atoms. The SMILES string of the molecule is O=C(NC1CSCC1NC(=O)C12CC3CC(CC(C3)C1)C2)C12CC3CC(CC(C3)C1)C2. The Morgan fingerprint density at radius 3 is 1.13 bits per heavy atom. The Kier molecular flexibility index (Phi) is 4.39. The minimum atomic E-state index is -0.0868. The normalized spacial score (nSPS) is 53.7. The van der Waals surface area contributed by atoms with Crippen LogP contribution in [-0.2, 0) is 9.59 Å². The molecular weight excluding hydrogens is 404 g/mol. The molecule has 2 N–H and O–H groups in total. The van der Waals surface area contributed by atoms with Gasteiger partial charge >= 0.3 is 0 Å². The van der Waals surface area contributed by atoms with Crippen molar-refractivity contribution in [1.29, 1.82) is 0 Å². The monoisotopic (exact) mass is 442 g/mol. The molecule has 5 heteroatoms. The zero-order chi connectivity index (χ0) is 20.8. The van der Waals surface area contributed by atoms with E-state index in [0.717, 1.165) is 85.5 Å². The molecular formula is C26H38N2O2S. The van der Waals surface area contributed by atoms with Crippen molar-refractivity contribution < 1.29 is 9.59 Å². The molecule has 8 bridgehead atoms. The maximum atomic E-state index is 13.6. The molecule has 8 saturated carbocycles. The zero-order valence-electron chi connectivity index (χ0n) is 18.7. The molecule has 9 rings (SSSR count). The third-order valence-corrected chi connectivity index (χ3v) is 11.9. The lowest BCUT2D eigenvalue weighted by atomic mass is 9.49. The number of carbonyl (C=O) groups is 2. The van der Waals surface area contributed by atoms with E-state index < -0.39 is 0 Å². The van der Waals surface area contributed by atoms with Gasteiger partial charge in [-0.3, -0.25) is 9.59 Å². The van der Waals surface area contributed by atoms with Crippen molar-refractivity contribution in [1.82, 2.24) is 10.6 Å². The van der Waals surface area contributed by atoms with E-state index in [9.17, 15) is 9.59 Å². The summed E-state index contributed by atoms with van der Waals surface area (Å²) in [7, 11) is 0. The Morgan fingerprint density at radius 1 is 0.548 bits per heavy atom. The molecule has 8 aliphatic carbocycles. The van der Waals surface area contributed by atoms with Crippen LogP contribution >= 0.6 is 11.8 Å². The van der Waals surface area contributed by atoms with Crippen molar-refractivity contribution in [2.75, 3.05) is 11.5 Å². The minimum absolute atomic E-state index is 0.0868. The van der Waals surface area contributed by atoms with Gasteiger partial charge in [0.05, 0.1) is 12.1 Å². The highest BCUT2D eigenvalue weighted by Gasteiger charge is 2.56. The first-order valence-electron chi connectivity index (χ1n) is 13.2. The van der Waals surface area contributed by atoms with Gasteiger partial charge in [-0.2, -0.15) is 11.8 Å². The molecule has 2 unspecified atom stereocenters. The topological polar surface area (TPSA) is 58.2 Å². The van der Waals surface area contributed by atoms with E-state index in [1.54, 1.807) is 0 Å². The Hall–Kier alpha value is -0.710. The van der Waals surface area contributed by atoms with Crippen LogP contribution in [0.15, 0.2) is 0 Å². The van der Waals surface area contributed by atoms with Gasteiger partial charge in [0.1, 0.15) is 0 Å². The lowest BCUT2D eigenvalue weighted by Crippen LogP contribution is -2.60. The lowest BCUT2D eigenvalue weighted by molar-refractivity contribution is -0.149. The first-order chi connectivity index (χ1) is 15.0. The maximum Gasteiger partial charge on any atom is 0.226 e. The maximum absolute atomic E-state index is 13.6. The van der Waals surface area contributed by atoms with Crippen LogP contribution in [0.3, 0.4) is 0 Å². The molecule has 170 valence electrons. The first kappa shape index (κ1) is 19.7. The van der Waals surface area contributed by atoms with Crippen LogP contribution in [-0.4, -0.2) is 35.4 Å². The summed E-state index contributed by atoms with van der Waals surface area (Å²) >= 11 is 1.90. The highest BCUT2D eigenvalue weighted by Crippen LogP contribution is 2.61. The standard InChI is InChI=1S/C26H38N2O2S/c29-23(25-7-15-1-16(8-25)3-17(2-15)9-25)27-21-13-31-14-22(21)28-24(30)26-10-18-4-19(11-26)6-20(5-18)12-26/h15-22H,1-14H2,(H,27,29)(H,28,30). The van der Waals surface area contributed by atoms with E-state index in [2.05, 4.69) is 10.6 Å². The molecule has 0 spiro atoms. The van der Waals surface area contributed by atoms with Crippen LogP contribution in [0.2, 0.25) is 0 Å². The van der Waals surface area contributed by atoms with Crippen LogP contribution < -0.4 is 10.6 Å². The van der Waals surface area contributed by atoms with Crippen molar-refractivity contribution in [2.45, 2.75) is 89.1 Å². The van der Waals surface area contributed by atoms with Gasteiger partial charge < -0.3 is 10.6 Å². The number of amides is 2. The lowest BCUT2D eigenvalue weighted by Gasteiger charge is -2.56. The molecule has 1 saturated heterocycles. The van der Waals surface area contributed by atoms with Gasteiger partial charge in [-0.15, -0.1) is 0 Å². The fraction of sp³-hybridized carbons (Fsp3) is 0.923. The second-order valence-electron chi connectivity index (χ2n) is 13.1. The highest BCUT2D eigenvalue weighted by atomic mass is 32.2. The molecule has 0 aromatic heterocycles. The number of hydrogen-bond donors (Lipinski definition) is 2. The summed E-state index contributed by atoms with van der Waals surface area (Å²) in [4.78, 5) is 27.1. The Morgan fingerprint density at radius 2 is 0.839 bits per heavy atom. The second-order valence-corrected chi connectivity index (χ2v) is 14.2. The zero-order valence-corrected chi connectivity index (χ0v) is 19.6. The first-order valence-corrected chi connectivity index (χ1v) is 14.3. The molecule has 4 nitrogen and oxygen atoms in total. The number of nitrogens with one attached hydrogen (secondary N) is 2. The van der Waals surface area contributed by atoms with Crippen molar-refractivity contribution in [3.63, 3.8) is 0 Å². The van der Waals surface area contributed by atoms with Gasteiger partial charge in [0.25, 0.3) is 0 Å². The van der Waals surface area contributed by atoms with E-state index in [0.29, 0.717) is 11.8 Å². The van der Waals surface area contributed by atoms with Crippen molar-refractivity contribution in [2.24, 2.45) is 46.3 Å². The third kappa shape index (κ3) is 3.14. The molecule has 2 amide bonds. The number of carbonyl (C=O) groups excluding carboxylic acids is 2. The molecule has 9 aliphatic rings. The fourth-order valence-corrected chi connectivity index (χ4v) is 11.5. The van der Waals surface area contributed by atoms with Crippen molar-refractivity contribution in [3.8, 4) is 0 Å². The average molecular weight is 443 g/mol. The molecule has 0 radical (unpaired) electrons. The summed E-state index contributed by atoms with van der Waals surface area (Å²) in [6.45, 7) is 0. The van der Waals surface area contributed by atoms with Crippen molar-refractivity contribution in [3.05, 3.63) is 0 Å². The largest absolute Gasteiger partial charge is 0.350 e. The number of hydrogen-bond acceptors (Lipinski definition) is 3. The number of thioether (sulfide) groups is 1. The molecule has 1 heterocycles. The molecule has 2 atom stereocenters.